The van der Waals surface area contributed by atoms with Crippen molar-refractivity contribution >= 4 is 23.2 Å². The number of nitrogens with one attached hydrogen (secondary N) is 1. The minimum absolute atomic E-state index is 0.122. The number of anilines is 2. The molecule has 3 aromatic carbocycles. The predicted molar refractivity (Wildman–Crippen MR) is 122 cm³/mol. The van der Waals surface area contributed by atoms with Crippen LogP contribution in [0.5, 0.6) is 0 Å². The van der Waals surface area contributed by atoms with E-state index in [4.69, 9.17) is 0 Å². The molecule has 0 fully saturated rings. The molecule has 0 saturated heterocycles. The Morgan fingerprint density at radius 1 is 0.867 bits per heavy atom. The average Bonchev–Trinajstić information content (AvgIpc) is 3.16. The quantitative estimate of drug-likeness (QED) is 0.630. The molecule has 1 N–H and O–H groups in total. The number of hydrogen-bond donors (Lipinski definition) is 1. The number of rotatable bonds is 3. The van der Waals surface area contributed by atoms with Crippen molar-refractivity contribution in [3.63, 3.8) is 0 Å². The van der Waals surface area contributed by atoms with Crippen LogP contribution in [-0.2, 0) is 11.2 Å². The lowest BCUT2D eigenvalue weighted by atomic mass is 9.94. The van der Waals surface area contributed by atoms with Gasteiger partial charge in [0.25, 0.3) is 5.91 Å². The first-order valence-electron chi connectivity index (χ1n) is 10.2. The summed E-state index contributed by atoms with van der Waals surface area (Å²) in [6.07, 6.45) is 0.798. The zero-order chi connectivity index (χ0) is 21.3. The molecule has 0 radical (unpaired) electrons. The highest BCUT2D eigenvalue weighted by Gasteiger charge is 2.32. The number of benzene rings is 3. The number of hydrogen-bond acceptors (Lipinski definition) is 2. The summed E-state index contributed by atoms with van der Waals surface area (Å²) in [6.45, 7) is 6.49. The van der Waals surface area contributed by atoms with E-state index in [-0.39, 0.29) is 11.8 Å². The molecule has 1 aliphatic rings. The molecular weight excluding hydrogens is 372 g/mol. The van der Waals surface area contributed by atoms with Gasteiger partial charge in [0.2, 0.25) is 5.91 Å². The van der Waals surface area contributed by atoms with Crippen molar-refractivity contribution in [1.29, 1.82) is 0 Å². The topological polar surface area (TPSA) is 49.4 Å². The highest BCUT2D eigenvalue weighted by atomic mass is 16.2. The largest absolute Gasteiger partial charge is 0.322 e. The second-order valence-corrected chi connectivity index (χ2v) is 8.70. The molecule has 0 aromatic heterocycles. The van der Waals surface area contributed by atoms with Crippen LogP contribution in [0.3, 0.4) is 0 Å². The molecule has 2 amide bonds. The fourth-order valence-corrected chi connectivity index (χ4v) is 3.74. The van der Waals surface area contributed by atoms with Gasteiger partial charge in [0.05, 0.1) is 0 Å². The highest BCUT2D eigenvalue weighted by molar-refractivity contribution is 6.05. The van der Waals surface area contributed by atoms with Crippen LogP contribution in [0, 0.1) is 5.41 Å². The third kappa shape index (κ3) is 3.99. The van der Waals surface area contributed by atoms with Crippen molar-refractivity contribution in [3.05, 3.63) is 83.9 Å². The lowest BCUT2D eigenvalue weighted by Crippen LogP contribution is -2.38. The van der Waals surface area contributed by atoms with Gasteiger partial charge in [-0.2, -0.15) is 0 Å². The van der Waals surface area contributed by atoms with Crippen LogP contribution in [0.1, 0.15) is 36.7 Å². The first kappa shape index (κ1) is 19.9. The minimum atomic E-state index is -0.416. The number of carbonyl (C=O) groups is 2. The van der Waals surface area contributed by atoms with E-state index in [0.717, 1.165) is 34.5 Å². The van der Waals surface area contributed by atoms with Gasteiger partial charge in [0, 0.05) is 28.9 Å². The van der Waals surface area contributed by atoms with Crippen LogP contribution in [0.25, 0.3) is 11.1 Å². The van der Waals surface area contributed by atoms with Crippen LogP contribution < -0.4 is 10.2 Å². The van der Waals surface area contributed by atoms with Crippen molar-refractivity contribution in [2.75, 3.05) is 16.8 Å². The Balaban J connectivity index is 1.48. The van der Waals surface area contributed by atoms with E-state index in [2.05, 4.69) is 5.32 Å². The molecule has 30 heavy (non-hydrogen) atoms. The second kappa shape index (κ2) is 7.79. The summed E-state index contributed by atoms with van der Waals surface area (Å²) in [4.78, 5) is 27.2. The Morgan fingerprint density at radius 2 is 1.53 bits per heavy atom. The Kier molecular flexibility index (Phi) is 5.17. The molecule has 0 unspecified atom stereocenters. The van der Waals surface area contributed by atoms with Crippen molar-refractivity contribution in [3.8, 4) is 11.1 Å². The smallest absolute Gasteiger partial charge is 0.255 e. The number of amides is 2. The van der Waals surface area contributed by atoms with Gasteiger partial charge >= 0.3 is 0 Å². The van der Waals surface area contributed by atoms with E-state index in [1.807, 2.05) is 98.5 Å². The second-order valence-electron chi connectivity index (χ2n) is 8.70. The monoisotopic (exact) mass is 398 g/mol. The molecule has 0 aliphatic carbocycles. The van der Waals surface area contributed by atoms with Crippen LogP contribution in [-0.4, -0.2) is 18.4 Å². The summed E-state index contributed by atoms with van der Waals surface area (Å²) in [5.74, 6) is -0.0216. The predicted octanol–water partition coefficient (Wildman–Crippen LogP) is 5.54. The number of fused-ring (bicyclic) bond motifs is 1. The zero-order valence-corrected chi connectivity index (χ0v) is 17.6. The SMILES string of the molecule is CC(C)(C)C(=O)N1CCc2cc(NC(=O)c3ccc(-c4ccccc4)cc3)ccc21. The maximum Gasteiger partial charge on any atom is 0.255 e. The third-order valence-electron chi connectivity index (χ3n) is 5.37. The van der Waals surface area contributed by atoms with E-state index in [1.165, 1.54) is 0 Å². The molecule has 0 atom stereocenters. The van der Waals surface area contributed by atoms with Gasteiger partial charge in [0.15, 0.2) is 0 Å². The van der Waals surface area contributed by atoms with Gasteiger partial charge in [-0.25, -0.2) is 0 Å². The molecular formula is C26H26N2O2. The maximum absolute atomic E-state index is 12.7. The van der Waals surface area contributed by atoms with E-state index in [1.54, 1.807) is 0 Å². The van der Waals surface area contributed by atoms with Gasteiger partial charge in [-0.05, 0) is 53.4 Å². The fourth-order valence-electron chi connectivity index (χ4n) is 3.74. The van der Waals surface area contributed by atoms with Gasteiger partial charge < -0.3 is 10.2 Å². The van der Waals surface area contributed by atoms with Crippen LogP contribution in [0.2, 0.25) is 0 Å². The van der Waals surface area contributed by atoms with Crippen molar-refractivity contribution in [2.45, 2.75) is 27.2 Å². The fraction of sp³-hybridized carbons (Fsp3) is 0.231. The number of nitrogens with zero attached hydrogens (tertiary/aromatic N) is 1. The molecule has 0 bridgehead atoms. The third-order valence-corrected chi connectivity index (χ3v) is 5.37. The molecule has 0 saturated carbocycles. The lowest BCUT2D eigenvalue weighted by molar-refractivity contribution is -0.125. The Labute approximate surface area is 177 Å². The summed E-state index contributed by atoms with van der Waals surface area (Å²) >= 11 is 0. The normalized spacial score (nSPS) is 13.1. The van der Waals surface area contributed by atoms with Crippen LogP contribution in [0.15, 0.2) is 72.8 Å². The van der Waals surface area contributed by atoms with E-state index < -0.39 is 5.41 Å². The first-order chi connectivity index (χ1) is 14.3. The van der Waals surface area contributed by atoms with E-state index >= 15 is 0 Å². The zero-order valence-electron chi connectivity index (χ0n) is 17.6. The Morgan fingerprint density at radius 3 is 2.20 bits per heavy atom. The van der Waals surface area contributed by atoms with E-state index in [9.17, 15) is 9.59 Å². The van der Waals surface area contributed by atoms with Crippen molar-refractivity contribution in [2.24, 2.45) is 5.41 Å². The molecule has 152 valence electrons. The van der Waals surface area contributed by atoms with Gasteiger partial charge in [0.1, 0.15) is 0 Å². The minimum Gasteiger partial charge on any atom is -0.322 e. The lowest BCUT2D eigenvalue weighted by Gasteiger charge is -2.26. The molecule has 4 rings (SSSR count). The van der Waals surface area contributed by atoms with E-state index in [0.29, 0.717) is 12.1 Å². The Bertz CT molecular complexity index is 1080. The summed E-state index contributed by atoms with van der Waals surface area (Å²) in [5, 5.41) is 2.98. The van der Waals surface area contributed by atoms with Crippen LogP contribution in [0.4, 0.5) is 11.4 Å². The van der Waals surface area contributed by atoms with Crippen molar-refractivity contribution in [1.82, 2.24) is 0 Å². The highest BCUT2D eigenvalue weighted by Crippen LogP contribution is 2.33. The number of carbonyl (C=O) groups excluding carboxylic acids is 2. The molecule has 0 spiro atoms. The average molecular weight is 399 g/mol. The summed E-state index contributed by atoms with van der Waals surface area (Å²) in [6, 6.07) is 23.5. The maximum atomic E-state index is 12.7. The first-order valence-corrected chi connectivity index (χ1v) is 10.2. The molecule has 4 heteroatoms. The Hall–Kier alpha value is -3.40. The molecule has 1 aliphatic heterocycles. The van der Waals surface area contributed by atoms with Crippen molar-refractivity contribution < 1.29 is 9.59 Å². The summed E-state index contributed by atoms with van der Waals surface area (Å²) < 4.78 is 0. The molecule has 1 heterocycles. The summed E-state index contributed by atoms with van der Waals surface area (Å²) in [7, 11) is 0. The van der Waals surface area contributed by atoms with Gasteiger partial charge in [-0.1, -0.05) is 63.2 Å². The van der Waals surface area contributed by atoms with Crippen LogP contribution >= 0.6 is 0 Å². The summed E-state index contributed by atoms with van der Waals surface area (Å²) in [5.41, 5.74) is 5.17. The molecule has 4 nitrogen and oxygen atoms in total. The molecule has 3 aromatic rings. The van der Waals surface area contributed by atoms with Gasteiger partial charge in [-0.3, -0.25) is 9.59 Å². The standard InChI is InChI=1S/C26H26N2O2/c1-26(2,3)25(30)28-16-15-21-17-22(13-14-23(21)28)27-24(29)20-11-9-19(10-12-20)18-7-5-4-6-8-18/h4-14,17H,15-16H2,1-3H3,(H,27,29). The van der Waals surface area contributed by atoms with Gasteiger partial charge in [-0.15, -0.1) is 0 Å².